The summed E-state index contributed by atoms with van der Waals surface area (Å²) in [7, 11) is 1.56. The van der Waals surface area contributed by atoms with Crippen LogP contribution in [0.5, 0.6) is 5.75 Å². The number of hydrogen-bond donors (Lipinski definition) is 0. The molecule has 2 aliphatic rings. The van der Waals surface area contributed by atoms with Gasteiger partial charge in [-0.2, -0.15) is 0 Å². The maximum Gasteiger partial charge on any atom is 0.291 e. The monoisotopic (exact) mass is 578 g/mol. The largest absolute Gasteiger partial charge is 0.497 e. The zero-order valence-electron chi connectivity index (χ0n) is 23.0. The predicted molar refractivity (Wildman–Crippen MR) is 155 cm³/mol. The molecule has 2 aliphatic heterocycles. The number of amides is 2. The van der Waals surface area contributed by atoms with Crippen molar-refractivity contribution in [2.24, 2.45) is 0 Å². The first-order valence-corrected chi connectivity index (χ1v) is 13.7. The van der Waals surface area contributed by atoms with Crippen molar-refractivity contribution in [3.05, 3.63) is 141 Å². The van der Waals surface area contributed by atoms with E-state index in [0.29, 0.717) is 23.4 Å². The van der Waals surface area contributed by atoms with Crippen LogP contribution < -0.4 is 15.1 Å². The quantitative estimate of drug-likeness (QED) is 0.263. The maximum absolute atomic E-state index is 14.8. The molecule has 3 heterocycles. The number of anilines is 1. The van der Waals surface area contributed by atoms with Crippen LogP contribution in [0.3, 0.4) is 0 Å². The van der Waals surface area contributed by atoms with Gasteiger partial charge in [-0.1, -0.05) is 48.5 Å². The number of rotatable bonds is 6. The topological polar surface area (TPSA) is 80.1 Å². The standard InChI is InChI=1S/C34H24F2N2O5/c1-42-23-13-10-20(11-14-23)16-17-38-32(40)31-29(30(39)24-18-22(35)12-15-28(24)43-31)34(38)25-7-3-5-9-27(25)37(33(34)41)19-21-6-2-4-8-26(21)36/h2-15,18H,16-17,19H2,1H3. The minimum absolute atomic E-state index is 0.0348. The highest BCUT2D eigenvalue weighted by molar-refractivity contribution is 6.17. The van der Waals surface area contributed by atoms with Crippen molar-refractivity contribution in [2.75, 3.05) is 18.6 Å². The van der Waals surface area contributed by atoms with Gasteiger partial charge in [0.1, 0.15) is 23.0 Å². The van der Waals surface area contributed by atoms with Crippen molar-refractivity contribution >= 4 is 28.5 Å². The van der Waals surface area contributed by atoms with Gasteiger partial charge in [-0.3, -0.25) is 14.4 Å². The van der Waals surface area contributed by atoms with E-state index in [2.05, 4.69) is 0 Å². The Hall–Kier alpha value is -5.31. The van der Waals surface area contributed by atoms with E-state index in [1.807, 2.05) is 12.1 Å². The lowest BCUT2D eigenvalue weighted by molar-refractivity contribution is -0.126. The third-order valence-electron chi connectivity index (χ3n) is 8.27. The fourth-order valence-corrected chi connectivity index (χ4v) is 6.25. The molecule has 214 valence electrons. The third-order valence-corrected chi connectivity index (χ3v) is 8.27. The Balaban J connectivity index is 1.44. The number of nitrogens with zero attached hydrogens (tertiary/aromatic N) is 2. The Morgan fingerprint density at radius 1 is 0.884 bits per heavy atom. The molecule has 1 spiro atoms. The van der Waals surface area contributed by atoms with E-state index in [9.17, 15) is 23.2 Å². The summed E-state index contributed by atoms with van der Waals surface area (Å²) in [6.07, 6.45) is 0.344. The highest BCUT2D eigenvalue weighted by Crippen LogP contribution is 2.53. The number of fused-ring (bicyclic) bond motifs is 5. The van der Waals surface area contributed by atoms with Gasteiger partial charge in [0.2, 0.25) is 5.76 Å². The van der Waals surface area contributed by atoms with Crippen LogP contribution in [0.2, 0.25) is 0 Å². The van der Waals surface area contributed by atoms with Gasteiger partial charge in [-0.15, -0.1) is 0 Å². The smallest absolute Gasteiger partial charge is 0.291 e. The molecule has 9 heteroatoms. The summed E-state index contributed by atoms with van der Waals surface area (Å²) in [4.78, 5) is 45.9. The third kappa shape index (κ3) is 3.88. The Kier molecular flexibility index (Phi) is 6.12. The lowest BCUT2D eigenvalue weighted by Crippen LogP contribution is -2.53. The van der Waals surface area contributed by atoms with E-state index >= 15 is 0 Å². The Labute approximate surface area is 244 Å². The number of benzene rings is 4. The molecule has 1 aromatic heterocycles. The maximum atomic E-state index is 14.8. The molecule has 0 fully saturated rings. The number of halogens is 2. The minimum atomic E-state index is -1.90. The highest BCUT2D eigenvalue weighted by Gasteiger charge is 2.64. The van der Waals surface area contributed by atoms with E-state index in [1.54, 1.807) is 61.7 Å². The number of carbonyl (C=O) groups is 2. The van der Waals surface area contributed by atoms with E-state index in [-0.39, 0.29) is 40.9 Å². The predicted octanol–water partition coefficient (Wildman–Crippen LogP) is 5.57. The lowest BCUT2D eigenvalue weighted by atomic mass is 9.83. The van der Waals surface area contributed by atoms with Crippen LogP contribution in [-0.4, -0.2) is 30.4 Å². The van der Waals surface area contributed by atoms with Crippen molar-refractivity contribution in [3.63, 3.8) is 0 Å². The Bertz CT molecular complexity index is 2010. The second-order valence-electron chi connectivity index (χ2n) is 10.5. The van der Waals surface area contributed by atoms with E-state index in [4.69, 9.17) is 9.15 Å². The summed E-state index contributed by atoms with van der Waals surface area (Å²) in [5, 5.41) is -0.0826. The molecule has 0 aliphatic carbocycles. The second-order valence-corrected chi connectivity index (χ2v) is 10.5. The van der Waals surface area contributed by atoms with Gasteiger partial charge in [-0.05, 0) is 54.4 Å². The summed E-state index contributed by atoms with van der Waals surface area (Å²) in [6.45, 7) is -0.0826. The van der Waals surface area contributed by atoms with Gasteiger partial charge in [0.15, 0.2) is 11.0 Å². The number of para-hydroxylation sites is 1. The van der Waals surface area contributed by atoms with Gasteiger partial charge in [0.05, 0.1) is 30.3 Å². The van der Waals surface area contributed by atoms with Gasteiger partial charge in [0.25, 0.3) is 11.8 Å². The van der Waals surface area contributed by atoms with Gasteiger partial charge in [-0.25, -0.2) is 8.78 Å². The number of methoxy groups -OCH3 is 1. The van der Waals surface area contributed by atoms with E-state index < -0.39 is 34.4 Å². The van der Waals surface area contributed by atoms with Gasteiger partial charge in [0, 0.05) is 17.7 Å². The Morgan fingerprint density at radius 3 is 2.40 bits per heavy atom. The average Bonchev–Trinajstić information content (AvgIpc) is 3.41. The first-order valence-electron chi connectivity index (χ1n) is 13.7. The van der Waals surface area contributed by atoms with Crippen molar-refractivity contribution < 1.29 is 27.5 Å². The first-order chi connectivity index (χ1) is 20.8. The molecule has 7 rings (SSSR count). The van der Waals surface area contributed by atoms with Crippen molar-refractivity contribution in [2.45, 2.75) is 18.5 Å². The molecule has 5 aromatic rings. The summed E-state index contributed by atoms with van der Waals surface area (Å²) >= 11 is 0. The number of ether oxygens (including phenoxy) is 1. The normalized spacial score (nSPS) is 17.2. The van der Waals surface area contributed by atoms with Gasteiger partial charge < -0.3 is 19.0 Å². The molecule has 0 bridgehead atoms. The summed E-state index contributed by atoms with van der Waals surface area (Å²) in [5.41, 5.74) is -0.746. The molecule has 4 aromatic carbocycles. The average molecular weight is 579 g/mol. The molecule has 0 radical (unpaired) electrons. The van der Waals surface area contributed by atoms with E-state index in [0.717, 1.165) is 17.7 Å². The van der Waals surface area contributed by atoms with Crippen LogP contribution >= 0.6 is 0 Å². The number of carbonyl (C=O) groups excluding carboxylic acids is 2. The molecular weight excluding hydrogens is 554 g/mol. The summed E-state index contributed by atoms with van der Waals surface area (Å²) in [5.74, 6) is -1.98. The summed E-state index contributed by atoms with van der Waals surface area (Å²) < 4.78 is 40.4. The fraction of sp³-hybridized carbons (Fsp3) is 0.147. The molecule has 7 nitrogen and oxygen atoms in total. The van der Waals surface area contributed by atoms with Crippen molar-refractivity contribution in [1.82, 2.24) is 4.90 Å². The Morgan fingerprint density at radius 2 is 1.63 bits per heavy atom. The van der Waals surface area contributed by atoms with Crippen molar-refractivity contribution in [3.8, 4) is 5.75 Å². The lowest BCUT2D eigenvalue weighted by Gasteiger charge is -2.34. The molecule has 1 atom stereocenters. The summed E-state index contributed by atoms with van der Waals surface area (Å²) in [6, 6.07) is 23.7. The zero-order valence-corrected chi connectivity index (χ0v) is 23.0. The van der Waals surface area contributed by atoms with Crippen LogP contribution in [0.4, 0.5) is 14.5 Å². The first kappa shape index (κ1) is 26.6. The minimum Gasteiger partial charge on any atom is -0.497 e. The van der Waals surface area contributed by atoms with E-state index in [1.165, 1.54) is 21.9 Å². The zero-order chi connectivity index (χ0) is 29.9. The molecule has 1 unspecified atom stereocenters. The molecule has 43 heavy (non-hydrogen) atoms. The van der Waals surface area contributed by atoms with Gasteiger partial charge >= 0.3 is 0 Å². The van der Waals surface area contributed by atoms with Crippen LogP contribution in [-0.2, 0) is 23.3 Å². The molecule has 0 saturated carbocycles. The van der Waals surface area contributed by atoms with Crippen LogP contribution in [0.1, 0.15) is 32.8 Å². The van der Waals surface area contributed by atoms with Crippen LogP contribution in [0.15, 0.2) is 100 Å². The number of hydrogen-bond acceptors (Lipinski definition) is 5. The molecule has 0 saturated heterocycles. The molecule has 0 N–H and O–H groups in total. The van der Waals surface area contributed by atoms with Crippen molar-refractivity contribution in [1.29, 1.82) is 0 Å². The van der Waals surface area contributed by atoms with Crippen LogP contribution in [0.25, 0.3) is 11.0 Å². The second kappa shape index (κ2) is 9.90. The van der Waals surface area contributed by atoms with Crippen LogP contribution in [0, 0.1) is 11.6 Å². The molecule has 2 amide bonds. The fourth-order valence-electron chi connectivity index (χ4n) is 6.25. The molecular formula is C34H24F2N2O5. The SMILES string of the molecule is COc1ccc(CCN2C(=O)c3oc4ccc(F)cc4c(=O)c3C23C(=O)N(Cc2ccccc2F)c2ccccc23)cc1. The highest BCUT2D eigenvalue weighted by atomic mass is 19.1.